The van der Waals surface area contributed by atoms with E-state index in [2.05, 4.69) is 56.8 Å². The van der Waals surface area contributed by atoms with Crippen LogP contribution in [0.2, 0.25) is 0 Å². The van der Waals surface area contributed by atoms with Gasteiger partial charge in [-0.15, -0.1) is 0 Å². The van der Waals surface area contributed by atoms with Crippen LogP contribution in [0.15, 0.2) is 0 Å². The van der Waals surface area contributed by atoms with Crippen molar-refractivity contribution in [2.75, 3.05) is 24.2 Å². The Morgan fingerprint density at radius 1 is 1.24 bits per heavy atom. The number of hydrogen-bond acceptors (Lipinski definition) is 5. The first-order chi connectivity index (χ1) is 9.75. The monoisotopic (exact) mass is 294 g/mol. The average molecular weight is 294 g/mol. The second-order valence-corrected chi connectivity index (χ2v) is 6.84. The molecule has 0 bridgehead atoms. The van der Waals surface area contributed by atoms with Crippen molar-refractivity contribution in [3.05, 3.63) is 5.82 Å². The van der Waals surface area contributed by atoms with E-state index in [1.807, 2.05) is 0 Å². The topological polar surface area (TPSA) is 73.1 Å². The first kappa shape index (κ1) is 17.5. The van der Waals surface area contributed by atoms with Gasteiger partial charge in [0.05, 0.1) is 6.61 Å². The molecule has 0 aliphatic rings. The first-order valence-electron chi connectivity index (χ1n) is 7.80. The Hall–Kier alpha value is -1.52. The van der Waals surface area contributed by atoms with Gasteiger partial charge in [-0.25, -0.2) is 4.98 Å². The number of ether oxygens (including phenoxy) is 1. The normalized spacial score (nSPS) is 11.8. The van der Waals surface area contributed by atoms with Crippen LogP contribution in [0, 0.1) is 5.92 Å². The standard InChI is InChI=1S/C16H30N4O/c1-7-8-9-21-14-12(17)13(18-10-11(2)3)19-15(20-14)16(4,5)6/h11H,7-10,17H2,1-6H3,(H,18,19,20). The van der Waals surface area contributed by atoms with Crippen molar-refractivity contribution in [2.24, 2.45) is 5.92 Å². The SMILES string of the molecule is CCCCOc1nc(C(C)(C)C)nc(NCC(C)C)c1N. The Labute approximate surface area is 128 Å². The molecule has 0 amide bonds. The Kier molecular flexibility index (Phi) is 6.24. The smallest absolute Gasteiger partial charge is 0.242 e. The van der Waals surface area contributed by atoms with Crippen molar-refractivity contribution in [1.29, 1.82) is 0 Å². The van der Waals surface area contributed by atoms with Gasteiger partial charge in [0.1, 0.15) is 11.5 Å². The summed E-state index contributed by atoms with van der Waals surface area (Å²) in [6, 6.07) is 0. The minimum Gasteiger partial charge on any atom is -0.476 e. The maximum atomic E-state index is 6.15. The Morgan fingerprint density at radius 2 is 1.90 bits per heavy atom. The third-order valence-corrected chi connectivity index (χ3v) is 3.00. The molecule has 0 saturated heterocycles. The van der Waals surface area contributed by atoms with Gasteiger partial charge in [-0.1, -0.05) is 48.0 Å². The third kappa shape index (κ3) is 5.40. The van der Waals surface area contributed by atoms with E-state index in [1.54, 1.807) is 0 Å². The number of nitrogens with zero attached hydrogens (tertiary/aromatic N) is 2. The largest absolute Gasteiger partial charge is 0.476 e. The molecule has 5 heteroatoms. The van der Waals surface area contributed by atoms with Gasteiger partial charge in [0.25, 0.3) is 0 Å². The Bertz CT molecular complexity index is 452. The molecule has 3 N–H and O–H groups in total. The third-order valence-electron chi connectivity index (χ3n) is 3.00. The molecule has 0 aliphatic heterocycles. The number of rotatable bonds is 7. The van der Waals surface area contributed by atoms with E-state index in [4.69, 9.17) is 10.5 Å². The fourth-order valence-electron chi connectivity index (χ4n) is 1.64. The summed E-state index contributed by atoms with van der Waals surface area (Å²) in [6.45, 7) is 14.1. The van der Waals surface area contributed by atoms with E-state index in [9.17, 15) is 0 Å². The van der Waals surface area contributed by atoms with Crippen molar-refractivity contribution in [3.8, 4) is 5.88 Å². The van der Waals surface area contributed by atoms with Crippen LogP contribution in [0.4, 0.5) is 11.5 Å². The molecular weight excluding hydrogens is 264 g/mol. The molecule has 0 spiro atoms. The number of nitrogens with two attached hydrogens (primary N) is 1. The Morgan fingerprint density at radius 3 is 2.43 bits per heavy atom. The molecule has 0 atom stereocenters. The molecule has 0 aromatic carbocycles. The lowest BCUT2D eigenvalue weighted by Crippen LogP contribution is -2.20. The number of nitrogen functional groups attached to an aromatic ring is 1. The summed E-state index contributed by atoms with van der Waals surface area (Å²) >= 11 is 0. The highest BCUT2D eigenvalue weighted by Crippen LogP contribution is 2.30. The highest BCUT2D eigenvalue weighted by Gasteiger charge is 2.22. The second-order valence-electron chi connectivity index (χ2n) is 6.84. The first-order valence-corrected chi connectivity index (χ1v) is 7.80. The summed E-state index contributed by atoms with van der Waals surface area (Å²) in [7, 11) is 0. The number of unbranched alkanes of at least 4 members (excludes halogenated alkanes) is 1. The number of hydrogen-bond donors (Lipinski definition) is 2. The highest BCUT2D eigenvalue weighted by atomic mass is 16.5. The molecule has 1 heterocycles. The van der Waals surface area contributed by atoms with Gasteiger partial charge >= 0.3 is 0 Å². The van der Waals surface area contributed by atoms with Gasteiger partial charge < -0.3 is 15.8 Å². The van der Waals surface area contributed by atoms with Crippen LogP contribution in [-0.2, 0) is 5.41 Å². The summed E-state index contributed by atoms with van der Waals surface area (Å²) in [4.78, 5) is 9.08. The molecular formula is C16H30N4O. The Balaban J connectivity index is 3.07. The number of anilines is 2. The summed E-state index contributed by atoms with van der Waals surface area (Å²) in [5.41, 5.74) is 6.50. The van der Waals surface area contributed by atoms with E-state index < -0.39 is 0 Å². The minimum atomic E-state index is -0.148. The lowest BCUT2D eigenvalue weighted by Gasteiger charge is -2.21. The fourth-order valence-corrected chi connectivity index (χ4v) is 1.64. The summed E-state index contributed by atoms with van der Waals surface area (Å²) in [5, 5.41) is 3.30. The van der Waals surface area contributed by atoms with Crippen molar-refractivity contribution >= 4 is 11.5 Å². The van der Waals surface area contributed by atoms with Crippen LogP contribution >= 0.6 is 0 Å². The van der Waals surface area contributed by atoms with Crippen LogP contribution in [-0.4, -0.2) is 23.1 Å². The van der Waals surface area contributed by atoms with Gasteiger partial charge in [0, 0.05) is 12.0 Å². The maximum absolute atomic E-state index is 6.15. The lowest BCUT2D eigenvalue weighted by atomic mass is 9.96. The lowest BCUT2D eigenvalue weighted by molar-refractivity contribution is 0.296. The van der Waals surface area contributed by atoms with Gasteiger partial charge in [0.2, 0.25) is 5.88 Å². The fraction of sp³-hybridized carbons (Fsp3) is 0.750. The molecule has 120 valence electrons. The van der Waals surface area contributed by atoms with Gasteiger partial charge in [-0.2, -0.15) is 4.98 Å². The van der Waals surface area contributed by atoms with Crippen LogP contribution in [0.25, 0.3) is 0 Å². The van der Waals surface area contributed by atoms with Crippen LogP contribution in [0.1, 0.15) is 60.2 Å². The summed E-state index contributed by atoms with van der Waals surface area (Å²) in [5.74, 6) is 2.43. The average Bonchev–Trinajstić information content (AvgIpc) is 2.38. The predicted octanol–water partition coefficient (Wildman–Crippen LogP) is 3.60. The van der Waals surface area contributed by atoms with E-state index in [-0.39, 0.29) is 5.41 Å². The zero-order chi connectivity index (χ0) is 16.0. The molecule has 0 aliphatic carbocycles. The second kappa shape index (κ2) is 7.48. The molecule has 21 heavy (non-hydrogen) atoms. The molecule has 0 radical (unpaired) electrons. The predicted molar refractivity (Wildman–Crippen MR) is 88.9 cm³/mol. The number of nitrogens with one attached hydrogen (secondary N) is 1. The van der Waals surface area contributed by atoms with Gasteiger partial charge in [-0.05, 0) is 12.3 Å². The van der Waals surface area contributed by atoms with Gasteiger partial charge in [-0.3, -0.25) is 0 Å². The summed E-state index contributed by atoms with van der Waals surface area (Å²) in [6.07, 6.45) is 2.07. The number of aromatic nitrogens is 2. The van der Waals surface area contributed by atoms with Crippen LogP contribution in [0.3, 0.4) is 0 Å². The zero-order valence-electron chi connectivity index (χ0n) is 14.3. The minimum absolute atomic E-state index is 0.148. The van der Waals surface area contributed by atoms with Crippen LogP contribution < -0.4 is 15.8 Å². The molecule has 1 rings (SSSR count). The molecule has 0 fully saturated rings. The molecule has 1 aromatic rings. The van der Waals surface area contributed by atoms with Crippen LogP contribution in [0.5, 0.6) is 5.88 Å². The molecule has 5 nitrogen and oxygen atoms in total. The van der Waals surface area contributed by atoms with E-state index in [0.717, 1.165) is 25.2 Å². The maximum Gasteiger partial charge on any atom is 0.242 e. The van der Waals surface area contributed by atoms with E-state index in [1.165, 1.54) is 0 Å². The van der Waals surface area contributed by atoms with E-state index in [0.29, 0.717) is 29.9 Å². The molecule has 0 saturated carbocycles. The molecule has 1 aromatic heterocycles. The quantitative estimate of drug-likeness (QED) is 0.752. The van der Waals surface area contributed by atoms with Crippen molar-refractivity contribution in [3.63, 3.8) is 0 Å². The van der Waals surface area contributed by atoms with E-state index >= 15 is 0 Å². The zero-order valence-corrected chi connectivity index (χ0v) is 14.3. The van der Waals surface area contributed by atoms with Crippen molar-refractivity contribution in [2.45, 2.75) is 59.8 Å². The highest BCUT2D eigenvalue weighted by molar-refractivity contribution is 5.67. The summed E-state index contributed by atoms with van der Waals surface area (Å²) < 4.78 is 5.74. The van der Waals surface area contributed by atoms with Gasteiger partial charge in [0.15, 0.2) is 5.82 Å². The van der Waals surface area contributed by atoms with Crippen molar-refractivity contribution in [1.82, 2.24) is 9.97 Å². The van der Waals surface area contributed by atoms with Crippen molar-refractivity contribution < 1.29 is 4.74 Å². The molecule has 0 unspecified atom stereocenters.